The maximum Gasteiger partial charge on any atom is 0.460 e. The minimum Gasteiger partial charge on any atom is -0.206 e. The summed E-state index contributed by atoms with van der Waals surface area (Å²) >= 11 is 5.50. The van der Waals surface area contributed by atoms with Crippen LogP contribution in [0.5, 0.6) is 0 Å². The second-order valence-electron chi connectivity index (χ2n) is 5.37. The van der Waals surface area contributed by atoms with Crippen molar-refractivity contribution in [3.63, 3.8) is 0 Å². The van der Waals surface area contributed by atoms with Crippen molar-refractivity contribution >= 4 is 21.6 Å². The van der Waals surface area contributed by atoms with E-state index in [0.29, 0.717) is 12.6 Å². The fraction of sp³-hybridized carbons (Fsp3) is 0.538. The topological polar surface area (TPSA) is 37.4 Å². The molecule has 27 heavy (non-hydrogen) atoms. The van der Waals surface area contributed by atoms with Gasteiger partial charge in [0.15, 0.2) is 0 Å². The maximum absolute atomic E-state index is 13.7. The van der Waals surface area contributed by atoms with Gasteiger partial charge in [-0.25, -0.2) is 8.42 Å². The average Bonchev–Trinajstić information content (AvgIpc) is 2.53. The zero-order valence-corrected chi connectivity index (χ0v) is 14.7. The minimum atomic E-state index is -7.29. The Morgan fingerprint density at radius 3 is 1.63 bits per heavy atom. The number of hydrogen-bond donors (Lipinski definition) is 0. The van der Waals surface area contributed by atoms with Crippen molar-refractivity contribution in [2.75, 3.05) is 7.05 Å². The molecule has 0 saturated carbocycles. The van der Waals surface area contributed by atoms with Crippen molar-refractivity contribution < 1.29 is 47.9 Å². The SMILES string of the molecule is CN(Cc1ccc(CCl)cc1)S(=O)(=O)C(F)(F)C(F)(F)C(F)(F)C(F)(F)F. The fourth-order valence-electron chi connectivity index (χ4n) is 1.79. The van der Waals surface area contributed by atoms with Crippen molar-refractivity contribution in [2.24, 2.45) is 0 Å². The summed E-state index contributed by atoms with van der Waals surface area (Å²) in [4.78, 5) is 0. The maximum atomic E-state index is 13.7. The zero-order valence-electron chi connectivity index (χ0n) is 13.2. The van der Waals surface area contributed by atoms with Crippen LogP contribution in [0.15, 0.2) is 24.3 Å². The molecule has 0 saturated heterocycles. The number of sulfonamides is 1. The smallest absolute Gasteiger partial charge is 0.206 e. The first-order chi connectivity index (χ1) is 11.9. The molecule has 0 aliphatic heterocycles. The van der Waals surface area contributed by atoms with Gasteiger partial charge in [-0.2, -0.15) is 43.8 Å². The summed E-state index contributed by atoms with van der Waals surface area (Å²) < 4.78 is 139. The summed E-state index contributed by atoms with van der Waals surface area (Å²) in [5.41, 5.74) is 0.504. The lowest BCUT2D eigenvalue weighted by atomic mass is 10.1. The highest BCUT2D eigenvalue weighted by molar-refractivity contribution is 7.90. The Morgan fingerprint density at radius 1 is 0.852 bits per heavy atom. The molecule has 0 bridgehead atoms. The Labute approximate surface area is 152 Å². The molecule has 0 aliphatic rings. The van der Waals surface area contributed by atoms with E-state index in [1.54, 1.807) is 0 Å². The fourth-order valence-corrected chi connectivity index (χ4v) is 3.14. The first-order valence-electron chi connectivity index (χ1n) is 6.73. The van der Waals surface area contributed by atoms with E-state index in [4.69, 9.17) is 11.6 Å². The highest BCUT2D eigenvalue weighted by Gasteiger charge is 2.85. The molecule has 0 fully saturated rings. The van der Waals surface area contributed by atoms with Gasteiger partial charge >= 0.3 is 23.3 Å². The normalized spacial score (nSPS) is 14.7. The van der Waals surface area contributed by atoms with E-state index in [9.17, 15) is 47.9 Å². The Hall–Kier alpha value is -1.21. The van der Waals surface area contributed by atoms with Gasteiger partial charge in [-0.15, -0.1) is 11.6 Å². The molecule has 0 amide bonds. The summed E-state index contributed by atoms with van der Waals surface area (Å²) in [6.45, 7) is -0.992. The molecule has 0 aliphatic carbocycles. The molecule has 0 unspecified atom stereocenters. The second kappa shape index (κ2) is 7.32. The monoisotopic (exact) mass is 451 g/mol. The lowest BCUT2D eigenvalue weighted by Crippen LogP contribution is -2.64. The van der Waals surface area contributed by atoms with Gasteiger partial charge in [0.25, 0.3) is 10.0 Å². The molecule has 0 heterocycles. The molecule has 1 rings (SSSR count). The van der Waals surface area contributed by atoms with Crippen molar-refractivity contribution in [3.8, 4) is 0 Å². The number of halogens is 10. The molecular formula is C13H11ClF9NO2S. The average molecular weight is 452 g/mol. The van der Waals surface area contributed by atoms with Gasteiger partial charge in [0.2, 0.25) is 0 Å². The van der Waals surface area contributed by atoms with Gasteiger partial charge in [-0.05, 0) is 11.1 Å². The largest absolute Gasteiger partial charge is 0.460 e. The molecule has 14 heteroatoms. The van der Waals surface area contributed by atoms with Crippen molar-refractivity contribution in [2.45, 2.75) is 35.7 Å². The van der Waals surface area contributed by atoms with Crippen molar-refractivity contribution in [3.05, 3.63) is 35.4 Å². The second-order valence-corrected chi connectivity index (χ2v) is 7.73. The van der Waals surface area contributed by atoms with Gasteiger partial charge in [-0.3, -0.25) is 0 Å². The van der Waals surface area contributed by atoms with E-state index in [-0.39, 0.29) is 11.4 Å². The third-order valence-corrected chi connectivity index (χ3v) is 5.60. The van der Waals surface area contributed by atoms with Crippen LogP contribution in [0.25, 0.3) is 0 Å². The van der Waals surface area contributed by atoms with Crippen LogP contribution < -0.4 is 0 Å². The molecular weight excluding hydrogens is 441 g/mol. The van der Waals surface area contributed by atoms with Crippen LogP contribution in [0.3, 0.4) is 0 Å². The van der Waals surface area contributed by atoms with Crippen LogP contribution in [-0.4, -0.2) is 43.0 Å². The highest BCUT2D eigenvalue weighted by Crippen LogP contribution is 2.55. The number of nitrogens with zero attached hydrogens (tertiary/aromatic N) is 1. The number of alkyl halides is 10. The predicted molar refractivity (Wildman–Crippen MR) is 77.3 cm³/mol. The summed E-state index contributed by atoms with van der Waals surface area (Å²) in [7, 11) is -6.28. The van der Waals surface area contributed by atoms with E-state index in [2.05, 4.69) is 0 Å². The third kappa shape index (κ3) is 3.99. The Kier molecular flexibility index (Phi) is 6.46. The van der Waals surface area contributed by atoms with Crippen LogP contribution in [0.4, 0.5) is 39.5 Å². The molecule has 0 atom stereocenters. The van der Waals surface area contributed by atoms with Gasteiger partial charge < -0.3 is 0 Å². The van der Waals surface area contributed by atoms with E-state index < -0.39 is 44.1 Å². The molecule has 0 aromatic heterocycles. The molecule has 3 nitrogen and oxygen atoms in total. The number of hydrogen-bond acceptors (Lipinski definition) is 2. The molecule has 1 aromatic rings. The van der Waals surface area contributed by atoms with Gasteiger partial charge in [0, 0.05) is 19.5 Å². The summed E-state index contributed by atoms with van der Waals surface area (Å²) in [6, 6.07) is 5.05. The Bertz CT molecular complexity index is 763. The molecule has 0 spiro atoms. The van der Waals surface area contributed by atoms with Crippen LogP contribution >= 0.6 is 11.6 Å². The molecule has 0 radical (unpaired) electrons. The molecule has 156 valence electrons. The van der Waals surface area contributed by atoms with Crippen LogP contribution in [-0.2, 0) is 22.4 Å². The van der Waals surface area contributed by atoms with Crippen LogP contribution in [0.1, 0.15) is 11.1 Å². The van der Waals surface area contributed by atoms with Gasteiger partial charge in [0.05, 0.1) is 0 Å². The number of benzene rings is 1. The highest BCUT2D eigenvalue weighted by atomic mass is 35.5. The number of rotatable bonds is 7. The van der Waals surface area contributed by atoms with E-state index in [1.165, 1.54) is 24.3 Å². The summed E-state index contributed by atoms with van der Waals surface area (Å²) in [5.74, 6) is -14.5. The van der Waals surface area contributed by atoms with Crippen LogP contribution in [0, 0.1) is 0 Å². The zero-order chi connectivity index (χ0) is 21.5. The van der Waals surface area contributed by atoms with Crippen LogP contribution in [0.2, 0.25) is 0 Å². The Morgan fingerprint density at radius 2 is 1.26 bits per heavy atom. The van der Waals surface area contributed by atoms with Crippen molar-refractivity contribution in [1.82, 2.24) is 4.31 Å². The minimum absolute atomic E-state index is 0.0309. The van der Waals surface area contributed by atoms with E-state index >= 15 is 0 Å². The summed E-state index contributed by atoms with van der Waals surface area (Å²) in [5, 5.41) is -6.75. The Balaban J connectivity index is 3.25. The predicted octanol–water partition coefficient (Wildman–Crippen LogP) is 4.61. The quantitative estimate of drug-likeness (QED) is 0.448. The first-order valence-corrected chi connectivity index (χ1v) is 8.70. The van der Waals surface area contributed by atoms with E-state index in [0.717, 1.165) is 0 Å². The molecule has 1 aromatic carbocycles. The first kappa shape index (κ1) is 23.8. The lowest BCUT2D eigenvalue weighted by Gasteiger charge is -2.34. The lowest BCUT2D eigenvalue weighted by molar-refractivity contribution is -0.382. The molecule has 0 N–H and O–H groups in total. The van der Waals surface area contributed by atoms with Gasteiger partial charge in [0.1, 0.15) is 0 Å². The van der Waals surface area contributed by atoms with Crippen molar-refractivity contribution in [1.29, 1.82) is 0 Å². The third-order valence-electron chi connectivity index (χ3n) is 3.43. The standard InChI is InChI=1S/C13H11ClF9NO2S/c1-24(7-9-4-2-8(6-14)3-5-9)27(25,26)13(22,23)11(17,18)10(15,16)12(19,20)21/h2-5H,6-7H2,1H3. The van der Waals surface area contributed by atoms with E-state index in [1.807, 2.05) is 0 Å². The van der Waals surface area contributed by atoms with Gasteiger partial charge in [-0.1, -0.05) is 24.3 Å². The summed E-state index contributed by atoms with van der Waals surface area (Å²) in [6.07, 6.45) is -7.11.